The van der Waals surface area contributed by atoms with Crippen LogP contribution in [0, 0.1) is 0 Å². The number of nitrogens with one attached hydrogen (secondary N) is 1. The number of halogens is 2. The summed E-state index contributed by atoms with van der Waals surface area (Å²) in [4.78, 5) is 13.1. The number of thiophene rings is 1. The molecule has 1 saturated heterocycles. The van der Waals surface area contributed by atoms with Gasteiger partial charge < -0.3 is 10.1 Å². The van der Waals surface area contributed by atoms with Crippen molar-refractivity contribution in [3.63, 3.8) is 0 Å². The van der Waals surface area contributed by atoms with E-state index < -0.39 is 14.4 Å². The molecule has 1 aromatic heterocycles. The van der Waals surface area contributed by atoms with Crippen molar-refractivity contribution in [3.05, 3.63) is 76.7 Å². The first-order valence-electron chi connectivity index (χ1n) is 11.0. The quantitative estimate of drug-likeness (QED) is 0.488. The van der Waals surface area contributed by atoms with Crippen LogP contribution in [-0.4, -0.2) is 42.2 Å². The number of allylic oxidation sites excluding steroid dienone is 2. The Labute approximate surface area is 214 Å². The normalized spacial score (nSPS) is 19.1. The van der Waals surface area contributed by atoms with Crippen molar-refractivity contribution in [1.82, 2.24) is 9.62 Å². The lowest BCUT2D eigenvalue weighted by molar-refractivity contribution is -0.117. The van der Waals surface area contributed by atoms with Crippen LogP contribution < -0.4 is 5.32 Å². The fourth-order valence-electron chi connectivity index (χ4n) is 3.78. The van der Waals surface area contributed by atoms with Gasteiger partial charge >= 0.3 is 0 Å². The van der Waals surface area contributed by atoms with Gasteiger partial charge in [-0.05, 0) is 36.6 Å². The molecule has 1 amide bonds. The molecule has 0 radical (unpaired) electrons. The fourth-order valence-corrected chi connectivity index (χ4v) is 6.98. The minimum absolute atomic E-state index is 0.0478. The van der Waals surface area contributed by atoms with Gasteiger partial charge in [0.05, 0.1) is 19.3 Å². The van der Waals surface area contributed by atoms with Gasteiger partial charge in [0.25, 0.3) is 15.9 Å². The summed E-state index contributed by atoms with van der Waals surface area (Å²) < 4.78 is 33.0. The molecule has 2 aromatic rings. The minimum Gasteiger partial charge on any atom is -0.373 e. The molecule has 1 aromatic carbocycles. The Hall–Kier alpha value is -1.68. The highest BCUT2D eigenvalue weighted by atomic mass is 35.5. The van der Waals surface area contributed by atoms with Crippen LogP contribution >= 0.6 is 34.5 Å². The van der Waals surface area contributed by atoms with Gasteiger partial charge in [-0.25, -0.2) is 8.42 Å². The average molecular weight is 542 g/mol. The van der Waals surface area contributed by atoms with Crippen molar-refractivity contribution in [3.8, 4) is 0 Å². The molecule has 182 valence electrons. The van der Waals surface area contributed by atoms with Crippen molar-refractivity contribution in [2.24, 2.45) is 0 Å². The van der Waals surface area contributed by atoms with Gasteiger partial charge in [0.1, 0.15) is 8.54 Å². The Morgan fingerprint density at radius 3 is 2.56 bits per heavy atom. The third kappa shape index (κ3) is 6.50. The van der Waals surface area contributed by atoms with Gasteiger partial charge in [0.15, 0.2) is 0 Å². The summed E-state index contributed by atoms with van der Waals surface area (Å²) in [5.41, 5.74) is 1.59. The van der Waals surface area contributed by atoms with Gasteiger partial charge in [-0.15, -0.1) is 11.3 Å². The first kappa shape index (κ1) is 25.4. The maximum atomic E-state index is 13.1. The number of sulfonamides is 1. The SMILES string of the molecule is O=C(NCc1ccc(S(=O)(=O)N2CCC(OCc3ccccc3)CC2)s1)C1=CCC(Cl)(Cl)C=C1. The molecule has 1 fully saturated rings. The molecular weight excluding hydrogens is 515 g/mol. The summed E-state index contributed by atoms with van der Waals surface area (Å²) in [6.45, 7) is 1.62. The second-order valence-corrected chi connectivity index (χ2v) is 13.1. The molecule has 0 bridgehead atoms. The van der Waals surface area contributed by atoms with E-state index in [9.17, 15) is 13.2 Å². The van der Waals surface area contributed by atoms with E-state index in [0.29, 0.717) is 44.5 Å². The maximum Gasteiger partial charge on any atom is 0.252 e. The molecule has 4 rings (SSSR count). The monoisotopic (exact) mass is 540 g/mol. The highest BCUT2D eigenvalue weighted by Gasteiger charge is 2.31. The smallest absolute Gasteiger partial charge is 0.252 e. The van der Waals surface area contributed by atoms with E-state index in [2.05, 4.69) is 5.32 Å². The van der Waals surface area contributed by atoms with Gasteiger partial charge in [-0.3, -0.25) is 4.79 Å². The van der Waals surface area contributed by atoms with Crippen molar-refractivity contribution in [1.29, 1.82) is 0 Å². The summed E-state index contributed by atoms with van der Waals surface area (Å²) in [6.07, 6.45) is 6.58. The molecule has 1 N–H and O–H groups in total. The van der Waals surface area contributed by atoms with Crippen LogP contribution in [0.3, 0.4) is 0 Å². The highest BCUT2D eigenvalue weighted by Crippen LogP contribution is 2.32. The van der Waals surface area contributed by atoms with Gasteiger partial charge in [0, 0.05) is 30.0 Å². The van der Waals surface area contributed by atoms with Crippen LogP contribution in [0.25, 0.3) is 0 Å². The number of amides is 1. The Kier molecular flexibility index (Phi) is 8.17. The zero-order valence-corrected chi connectivity index (χ0v) is 21.6. The summed E-state index contributed by atoms with van der Waals surface area (Å²) in [6, 6.07) is 13.3. The third-order valence-corrected chi connectivity index (χ3v) is 9.76. The standard InChI is InChI=1S/C24H26Cl2N2O4S2/c25-24(26)12-8-19(9-13-24)23(29)27-16-21-6-7-22(33-21)34(30,31)28-14-10-20(11-15-28)32-17-18-4-2-1-3-5-18/h1-9,12,20H,10-11,13-17H2,(H,27,29). The lowest BCUT2D eigenvalue weighted by Gasteiger charge is -2.30. The molecule has 0 spiro atoms. The lowest BCUT2D eigenvalue weighted by atomic mass is 10.1. The second kappa shape index (κ2) is 10.9. The minimum atomic E-state index is -3.57. The molecule has 0 unspecified atom stereocenters. The summed E-state index contributed by atoms with van der Waals surface area (Å²) >= 11 is 13.2. The molecule has 6 nitrogen and oxygen atoms in total. The van der Waals surface area contributed by atoms with Crippen LogP contribution in [-0.2, 0) is 32.7 Å². The number of benzene rings is 1. The second-order valence-electron chi connectivity index (χ2n) is 8.26. The lowest BCUT2D eigenvalue weighted by Crippen LogP contribution is -2.40. The number of carbonyl (C=O) groups excluding carboxylic acids is 1. The highest BCUT2D eigenvalue weighted by molar-refractivity contribution is 7.91. The van der Waals surface area contributed by atoms with Crippen molar-refractivity contribution in [2.45, 2.75) is 47.1 Å². The van der Waals surface area contributed by atoms with E-state index in [0.717, 1.165) is 10.4 Å². The molecule has 0 saturated carbocycles. The number of carbonyl (C=O) groups is 1. The molecule has 34 heavy (non-hydrogen) atoms. The number of ether oxygens (including phenoxy) is 1. The molecule has 2 aliphatic rings. The Morgan fingerprint density at radius 1 is 1.15 bits per heavy atom. The zero-order chi connectivity index (χ0) is 24.2. The van der Waals surface area contributed by atoms with E-state index in [1.807, 2.05) is 30.3 Å². The zero-order valence-electron chi connectivity index (χ0n) is 18.5. The molecular formula is C24H26Cl2N2O4S2. The third-order valence-electron chi connectivity index (χ3n) is 5.75. The van der Waals surface area contributed by atoms with E-state index >= 15 is 0 Å². The number of nitrogens with zero attached hydrogens (tertiary/aromatic N) is 1. The summed E-state index contributed by atoms with van der Waals surface area (Å²) in [7, 11) is -3.57. The fraction of sp³-hybridized carbons (Fsp3) is 0.375. The Bertz CT molecular complexity index is 1170. The van der Waals surface area contributed by atoms with E-state index in [-0.39, 0.29) is 22.8 Å². The van der Waals surface area contributed by atoms with Crippen molar-refractivity contribution < 1.29 is 17.9 Å². The molecule has 10 heteroatoms. The topological polar surface area (TPSA) is 75.7 Å². The van der Waals surface area contributed by atoms with Crippen LogP contribution in [0.4, 0.5) is 0 Å². The Morgan fingerprint density at radius 2 is 1.88 bits per heavy atom. The van der Waals surface area contributed by atoms with E-state index in [1.165, 1.54) is 15.6 Å². The van der Waals surface area contributed by atoms with E-state index in [4.69, 9.17) is 27.9 Å². The largest absolute Gasteiger partial charge is 0.373 e. The van der Waals surface area contributed by atoms with Gasteiger partial charge in [-0.1, -0.05) is 65.7 Å². The first-order valence-corrected chi connectivity index (χ1v) is 14.0. The maximum absolute atomic E-state index is 13.1. The van der Waals surface area contributed by atoms with Crippen LogP contribution in [0.15, 0.2) is 70.5 Å². The summed E-state index contributed by atoms with van der Waals surface area (Å²) in [5, 5.41) is 2.81. The van der Waals surface area contributed by atoms with Crippen molar-refractivity contribution >= 4 is 50.5 Å². The number of piperidine rings is 1. The number of hydrogen-bond acceptors (Lipinski definition) is 5. The predicted octanol–water partition coefficient (Wildman–Crippen LogP) is 4.79. The number of rotatable bonds is 8. The molecule has 2 heterocycles. The molecule has 1 aliphatic carbocycles. The van der Waals surface area contributed by atoms with Crippen LogP contribution in [0.2, 0.25) is 0 Å². The average Bonchev–Trinajstić information content (AvgIpc) is 3.32. The summed E-state index contributed by atoms with van der Waals surface area (Å²) in [5.74, 6) is -0.254. The van der Waals surface area contributed by atoms with Gasteiger partial charge in [-0.2, -0.15) is 4.31 Å². The van der Waals surface area contributed by atoms with Crippen molar-refractivity contribution in [2.75, 3.05) is 13.1 Å². The Balaban J connectivity index is 1.27. The first-order chi connectivity index (χ1) is 16.2. The predicted molar refractivity (Wildman–Crippen MR) is 135 cm³/mol. The number of hydrogen-bond donors (Lipinski definition) is 1. The van der Waals surface area contributed by atoms with Crippen LogP contribution in [0.1, 0.15) is 29.7 Å². The van der Waals surface area contributed by atoms with Crippen LogP contribution in [0.5, 0.6) is 0 Å². The molecule has 1 aliphatic heterocycles. The van der Waals surface area contributed by atoms with Gasteiger partial charge in [0.2, 0.25) is 0 Å². The number of alkyl halides is 2. The van der Waals surface area contributed by atoms with E-state index in [1.54, 1.807) is 30.4 Å². The molecule has 0 atom stereocenters.